The Morgan fingerprint density at radius 2 is 1.66 bits per heavy atom. The van der Waals surface area contributed by atoms with Crippen LogP contribution in [0.15, 0.2) is 36.4 Å². The number of rotatable bonds is 4. The monoisotopic (exact) mass is 512 g/mol. The molecule has 2 aromatic rings. The summed E-state index contributed by atoms with van der Waals surface area (Å²) in [5, 5.41) is 6.86. The Morgan fingerprint density at radius 1 is 0.969 bits per heavy atom. The van der Waals surface area contributed by atoms with Gasteiger partial charge in [-0.25, -0.2) is 0 Å². The van der Waals surface area contributed by atoms with Crippen molar-refractivity contribution in [1.29, 1.82) is 0 Å². The standard InChI is InChI=1S/C22H23Cl3N4O2S/c1-13(2)21(31)29-9-7-28(8-10-29)19-6-4-15(12-18(19)25)26-22(32)27-20(30)16-11-14(23)3-5-17(16)24/h3-6,11-13H,7-10H2,1-2H3,(H2,26,27,30,32). The van der Waals surface area contributed by atoms with Crippen LogP contribution in [0.3, 0.4) is 0 Å². The summed E-state index contributed by atoms with van der Waals surface area (Å²) in [5.74, 6) is -0.300. The highest BCUT2D eigenvalue weighted by Gasteiger charge is 2.24. The third kappa shape index (κ3) is 6.04. The Kier molecular flexibility index (Phi) is 8.22. The van der Waals surface area contributed by atoms with Gasteiger partial charge in [-0.3, -0.25) is 14.9 Å². The van der Waals surface area contributed by atoms with Crippen LogP contribution in [0.2, 0.25) is 15.1 Å². The molecule has 170 valence electrons. The van der Waals surface area contributed by atoms with E-state index in [1.807, 2.05) is 30.9 Å². The van der Waals surface area contributed by atoms with E-state index in [0.29, 0.717) is 41.9 Å². The molecule has 0 radical (unpaired) electrons. The zero-order valence-corrected chi connectivity index (χ0v) is 20.7. The lowest BCUT2D eigenvalue weighted by molar-refractivity contribution is -0.134. The van der Waals surface area contributed by atoms with E-state index in [2.05, 4.69) is 15.5 Å². The molecular formula is C22H23Cl3N4O2S. The van der Waals surface area contributed by atoms with Crippen molar-refractivity contribution in [3.63, 3.8) is 0 Å². The number of carbonyl (C=O) groups is 2. The summed E-state index contributed by atoms with van der Waals surface area (Å²) < 4.78 is 0. The number of hydrogen-bond acceptors (Lipinski definition) is 4. The number of amides is 2. The number of nitrogens with one attached hydrogen (secondary N) is 2. The van der Waals surface area contributed by atoms with Crippen molar-refractivity contribution in [1.82, 2.24) is 10.2 Å². The van der Waals surface area contributed by atoms with Crippen LogP contribution < -0.4 is 15.5 Å². The van der Waals surface area contributed by atoms with E-state index < -0.39 is 5.91 Å². The summed E-state index contributed by atoms with van der Waals surface area (Å²) in [6.45, 7) is 6.56. The van der Waals surface area contributed by atoms with E-state index >= 15 is 0 Å². The number of carbonyl (C=O) groups excluding carboxylic acids is 2. The van der Waals surface area contributed by atoms with Gasteiger partial charge in [0.15, 0.2) is 5.11 Å². The topological polar surface area (TPSA) is 64.7 Å². The predicted molar refractivity (Wildman–Crippen MR) is 135 cm³/mol. The Bertz CT molecular complexity index is 1040. The maximum Gasteiger partial charge on any atom is 0.258 e. The summed E-state index contributed by atoms with van der Waals surface area (Å²) in [6.07, 6.45) is 0. The third-order valence-electron chi connectivity index (χ3n) is 5.03. The maximum absolute atomic E-state index is 12.4. The molecule has 0 unspecified atom stereocenters. The van der Waals surface area contributed by atoms with Crippen molar-refractivity contribution in [2.45, 2.75) is 13.8 Å². The average molecular weight is 514 g/mol. The lowest BCUT2D eigenvalue weighted by Gasteiger charge is -2.37. The summed E-state index contributed by atoms with van der Waals surface area (Å²) in [4.78, 5) is 28.6. The van der Waals surface area contributed by atoms with Crippen LogP contribution in [0.25, 0.3) is 0 Å². The molecule has 1 heterocycles. The molecule has 0 aliphatic carbocycles. The van der Waals surface area contributed by atoms with Gasteiger partial charge in [0.2, 0.25) is 5.91 Å². The van der Waals surface area contributed by atoms with Crippen molar-refractivity contribution in [3.8, 4) is 0 Å². The summed E-state index contributed by atoms with van der Waals surface area (Å²) in [7, 11) is 0. The molecule has 1 saturated heterocycles. The normalized spacial score (nSPS) is 13.8. The first-order valence-corrected chi connectivity index (χ1v) is 11.6. The maximum atomic E-state index is 12.4. The Morgan fingerprint density at radius 3 is 2.28 bits per heavy atom. The lowest BCUT2D eigenvalue weighted by atomic mass is 10.1. The molecule has 6 nitrogen and oxygen atoms in total. The molecular weight excluding hydrogens is 491 g/mol. The van der Waals surface area contributed by atoms with Crippen LogP contribution in [0.5, 0.6) is 0 Å². The third-order valence-corrected chi connectivity index (χ3v) is 6.10. The molecule has 0 spiro atoms. The summed E-state index contributed by atoms with van der Waals surface area (Å²) in [6, 6.07) is 10.1. The summed E-state index contributed by atoms with van der Waals surface area (Å²) >= 11 is 23.7. The molecule has 32 heavy (non-hydrogen) atoms. The zero-order valence-electron chi connectivity index (χ0n) is 17.6. The van der Waals surface area contributed by atoms with Gasteiger partial charge in [-0.2, -0.15) is 0 Å². The number of halogens is 3. The molecule has 2 aromatic carbocycles. The van der Waals surface area contributed by atoms with Crippen LogP contribution in [-0.4, -0.2) is 48.0 Å². The fourth-order valence-corrected chi connectivity index (χ4v) is 4.26. The van der Waals surface area contributed by atoms with Gasteiger partial charge in [-0.15, -0.1) is 0 Å². The van der Waals surface area contributed by atoms with E-state index in [9.17, 15) is 9.59 Å². The Hall–Kier alpha value is -2.06. The molecule has 0 saturated carbocycles. The minimum absolute atomic E-state index is 0.00488. The number of hydrogen-bond donors (Lipinski definition) is 2. The first-order valence-electron chi connectivity index (χ1n) is 10.1. The lowest BCUT2D eigenvalue weighted by Crippen LogP contribution is -2.50. The van der Waals surface area contributed by atoms with Crippen LogP contribution in [0.4, 0.5) is 11.4 Å². The minimum Gasteiger partial charge on any atom is -0.367 e. The van der Waals surface area contributed by atoms with Gasteiger partial charge in [0.05, 0.1) is 21.3 Å². The molecule has 0 aromatic heterocycles. The zero-order chi connectivity index (χ0) is 23.4. The molecule has 0 bridgehead atoms. The first-order chi connectivity index (χ1) is 15.2. The van der Waals surface area contributed by atoms with E-state index in [4.69, 9.17) is 47.0 Å². The second kappa shape index (κ2) is 10.7. The largest absolute Gasteiger partial charge is 0.367 e. The van der Waals surface area contributed by atoms with Crippen molar-refractivity contribution in [3.05, 3.63) is 57.0 Å². The molecule has 1 aliphatic heterocycles. The fraction of sp³-hybridized carbons (Fsp3) is 0.318. The molecule has 2 N–H and O–H groups in total. The van der Waals surface area contributed by atoms with Gasteiger partial charge in [0, 0.05) is 42.8 Å². The highest BCUT2D eigenvalue weighted by Crippen LogP contribution is 2.30. The molecule has 10 heteroatoms. The van der Waals surface area contributed by atoms with Crippen molar-refractivity contribution in [2.24, 2.45) is 5.92 Å². The SMILES string of the molecule is CC(C)C(=O)N1CCN(c2ccc(NC(=S)NC(=O)c3cc(Cl)ccc3Cl)cc2Cl)CC1. The van der Waals surface area contributed by atoms with E-state index in [1.54, 1.807) is 18.2 Å². The van der Waals surface area contributed by atoms with Gasteiger partial charge in [-0.05, 0) is 48.6 Å². The van der Waals surface area contributed by atoms with Gasteiger partial charge in [0.25, 0.3) is 5.91 Å². The number of piperazine rings is 1. The van der Waals surface area contributed by atoms with E-state index in [-0.39, 0.29) is 27.5 Å². The second-order valence-corrected chi connectivity index (χ2v) is 9.32. The Balaban J connectivity index is 1.59. The van der Waals surface area contributed by atoms with Gasteiger partial charge >= 0.3 is 0 Å². The van der Waals surface area contributed by atoms with Crippen molar-refractivity contribution >= 4 is 75.3 Å². The average Bonchev–Trinajstić information content (AvgIpc) is 2.75. The molecule has 1 aliphatic rings. The van der Waals surface area contributed by atoms with Crippen molar-refractivity contribution in [2.75, 3.05) is 36.4 Å². The molecule has 1 fully saturated rings. The number of thiocarbonyl (C=S) groups is 1. The van der Waals surface area contributed by atoms with Crippen LogP contribution in [0.1, 0.15) is 24.2 Å². The smallest absolute Gasteiger partial charge is 0.258 e. The molecule has 2 amide bonds. The van der Waals surface area contributed by atoms with Crippen LogP contribution in [0, 0.1) is 5.92 Å². The number of anilines is 2. The second-order valence-electron chi connectivity index (χ2n) is 7.67. The number of nitrogens with zero attached hydrogens (tertiary/aromatic N) is 2. The predicted octanol–water partition coefficient (Wildman–Crippen LogP) is 5.08. The van der Waals surface area contributed by atoms with Crippen molar-refractivity contribution < 1.29 is 9.59 Å². The highest BCUT2D eigenvalue weighted by molar-refractivity contribution is 7.80. The molecule has 3 rings (SSSR count). The summed E-state index contributed by atoms with van der Waals surface area (Å²) in [5.41, 5.74) is 1.75. The van der Waals surface area contributed by atoms with E-state index in [1.165, 1.54) is 6.07 Å². The Labute approximate surface area is 207 Å². The minimum atomic E-state index is -0.466. The molecule has 0 atom stereocenters. The fourth-order valence-electron chi connectivity index (χ4n) is 3.38. The van der Waals surface area contributed by atoms with Gasteiger partial charge in [-0.1, -0.05) is 48.7 Å². The van der Waals surface area contributed by atoms with Crippen LogP contribution in [-0.2, 0) is 4.79 Å². The van der Waals surface area contributed by atoms with E-state index in [0.717, 1.165) is 5.69 Å². The quantitative estimate of drug-likeness (QED) is 0.558. The number of benzene rings is 2. The highest BCUT2D eigenvalue weighted by atomic mass is 35.5. The van der Waals surface area contributed by atoms with Gasteiger partial charge < -0.3 is 15.1 Å². The van der Waals surface area contributed by atoms with Gasteiger partial charge in [0.1, 0.15) is 0 Å². The first kappa shape index (κ1) is 24.6. The van der Waals surface area contributed by atoms with Crippen LogP contribution >= 0.6 is 47.0 Å².